The number of nitrogens with zero attached hydrogens (tertiary/aromatic N) is 2. The fourth-order valence-corrected chi connectivity index (χ4v) is 1.89. The SMILES string of the molecule is COCC(O)CCNCc1cnn2ccccc12. The molecule has 2 aromatic rings. The zero-order valence-corrected chi connectivity index (χ0v) is 10.5. The van der Waals surface area contributed by atoms with Gasteiger partial charge < -0.3 is 15.2 Å². The average Bonchev–Trinajstić information content (AvgIpc) is 2.78. The Morgan fingerprint density at radius 3 is 3.22 bits per heavy atom. The Balaban J connectivity index is 1.80. The minimum atomic E-state index is -0.397. The van der Waals surface area contributed by atoms with Crippen molar-refractivity contribution >= 4 is 5.52 Å². The Morgan fingerprint density at radius 2 is 2.39 bits per heavy atom. The van der Waals surface area contributed by atoms with E-state index in [0.717, 1.165) is 24.2 Å². The summed E-state index contributed by atoms with van der Waals surface area (Å²) in [6, 6.07) is 6.00. The minimum Gasteiger partial charge on any atom is -0.391 e. The smallest absolute Gasteiger partial charge is 0.0785 e. The van der Waals surface area contributed by atoms with E-state index in [-0.39, 0.29) is 0 Å². The van der Waals surface area contributed by atoms with Crippen molar-refractivity contribution in [2.45, 2.75) is 19.1 Å². The summed E-state index contributed by atoms with van der Waals surface area (Å²) < 4.78 is 6.73. The molecule has 2 rings (SSSR count). The van der Waals surface area contributed by atoms with Gasteiger partial charge in [0.05, 0.1) is 24.4 Å². The summed E-state index contributed by atoms with van der Waals surface area (Å²) >= 11 is 0. The fourth-order valence-electron chi connectivity index (χ4n) is 1.89. The summed E-state index contributed by atoms with van der Waals surface area (Å²) in [7, 11) is 1.59. The molecule has 5 heteroatoms. The molecule has 0 aliphatic heterocycles. The Labute approximate surface area is 106 Å². The summed E-state index contributed by atoms with van der Waals surface area (Å²) in [5, 5.41) is 17.1. The maximum Gasteiger partial charge on any atom is 0.0785 e. The van der Waals surface area contributed by atoms with Gasteiger partial charge in [0.15, 0.2) is 0 Å². The molecule has 18 heavy (non-hydrogen) atoms. The lowest BCUT2D eigenvalue weighted by Gasteiger charge is -2.09. The van der Waals surface area contributed by atoms with E-state index in [2.05, 4.69) is 10.4 Å². The molecule has 0 aliphatic rings. The highest BCUT2D eigenvalue weighted by atomic mass is 16.5. The molecule has 0 saturated carbocycles. The largest absolute Gasteiger partial charge is 0.391 e. The zero-order valence-electron chi connectivity index (χ0n) is 10.5. The van der Waals surface area contributed by atoms with Gasteiger partial charge in [0.2, 0.25) is 0 Å². The van der Waals surface area contributed by atoms with E-state index in [1.807, 2.05) is 35.1 Å². The highest BCUT2D eigenvalue weighted by Gasteiger charge is 2.04. The third-order valence-electron chi connectivity index (χ3n) is 2.84. The number of ether oxygens (including phenoxy) is 1. The molecule has 0 radical (unpaired) electrons. The minimum absolute atomic E-state index is 0.387. The van der Waals surface area contributed by atoms with Crippen molar-refractivity contribution < 1.29 is 9.84 Å². The van der Waals surface area contributed by atoms with Crippen LogP contribution in [0.5, 0.6) is 0 Å². The second-order valence-corrected chi connectivity index (χ2v) is 4.27. The van der Waals surface area contributed by atoms with Crippen LogP contribution in [0.4, 0.5) is 0 Å². The molecule has 0 bridgehead atoms. The molecular formula is C13H19N3O2. The molecule has 2 heterocycles. The van der Waals surface area contributed by atoms with Crippen LogP contribution in [-0.4, -0.2) is 41.1 Å². The first-order valence-electron chi connectivity index (χ1n) is 6.10. The van der Waals surface area contributed by atoms with Gasteiger partial charge in [-0.25, -0.2) is 4.52 Å². The molecule has 0 aromatic carbocycles. The van der Waals surface area contributed by atoms with E-state index in [4.69, 9.17) is 4.74 Å². The highest BCUT2D eigenvalue weighted by Crippen LogP contribution is 2.09. The monoisotopic (exact) mass is 249 g/mol. The second-order valence-electron chi connectivity index (χ2n) is 4.27. The quantitative estimate of drug-likeness (QED) is 0.713. The molecule has 5 nitrogen and oxygen atoms in total. The standard InChI is InChI=1S/C13H19N3O2/c1-18-10-12(17)5-6-14-8-11-9-15-16-7-3-2-4-13(11)16/h2-4,7,9,12,14,17H,5-6,8,10H2,1H3. The topological polar surface area (TPSA) is 58.8 Å². The lowest BCUT2D eigenvalue weighted by atomic mass is 10.2. The summed E-state index contributed by atoms with van der Waals surface area (Å²) in [6.07, 6.45) is 4.09. The number of pyridine rings is 1. The number of nitrogens with one attached hydrogen (secondary N) is 1. The molecule has 98 valence electrons. The number of methoxy groups -OCH3 is 1. The highest BCUT2D eigenvalue weighted by molar-refractivity contribution is 5.53. The predicted molar refractivity (Wildman–Crippen MR) is 69.4 cm³/mol. The second kappa shape index (κ2) is 6.49. The lowest BCUT2D eigenvalue weighted by Crippen LogP contribution is -2.22. The van der Waals surface area contributed by atoms with Gasteiger partial charge in [-0.15, -0.1) is 0 Å². The van der Waals surface area contributed by atoms with Crippen LogP contribution in [0.3, 0.4) is 0 Å². The van der Waals surface area contributed by atoms with Gasteiger partial charge in [-0.1, -0.05) is 6.07 Å². The van der Waals surface area contributed by atoms with Crippen molar-refractivity contribution in [3.05, 3.63) is 36.2 Å². The predicted octanol–water partition coefficient (Wildman–Crippen LogP) is 0.821. The molecule has 0 aliphatic carbocycles. The first-order chi connectivity index (χ1) is 8.81. The van der Waals surface area contributed by atoms with Crippen molar-refractivity contribution in [2.75, 3.05) is 20.3 Å². The number of hydrogen-bond donors (Lipinski definition) is 2. The first kappa shape index (κ1) is 13.0. The van der Waals surface area contributed by atoms with E-state index in [0.29, 0.717) is 13.0 Å². The van der Waals surface area contributed by atoms with Gasteiger partial charge in [-0.2, -0.15) is 5.10 Å². The van der Waals surface area contributed by atoms with Gasteiger partial charge in [0, 0.05) is 25.4 Å². The van der Waals surface area contributed by atoms with Gasteiger partial charge in [0.25, 0.3) is 0 Å². The van der Waals surface area contributed by atoms with Crippen molar-refractivity contribution in [3.63, 3.8) is 0 Å². The maximum atomic E-state index is 9.50. The van der Waals surface area contributed by atoms with Crippen LogP contribution in [0, 0.1) is 0 Å². The van der Waals surface area contributed by atoms with Crippen LogP contribution in [-0.2, 0) is 11.3 Å². The third-order valence-corrected chi connectivity index (χ3v) is 2.84. The number of hydrogen-bond acceptors (Lipinski definition) is 4. The molecule has 0 amide bonds. The summed E-state index contributed by atoms with van der Waals surface area (Å²) in [5.74, 6) is 0. The summed E-state index contributed by atoms with van der Waals surface area (Å²) in [4.78, 5) is 0. The van der Waals surface area contributed by atoms with Crippen molar-refractivity contribution in [1.29, 1.82) is 0 Å². The average molecular weight is 249 g/mol. The fraction of sp³-hybridized carbons (Fsp3) is 0.462. The van der Waals surface area contributed by atoms with E-state index in [1.165, 1.54) is 0 Å². The Bertz CT molecular complexity index is 484. The first-order valence-corrected chi connectivity index (χ1v) is 6.10. The third kappa shape index (κ3) is 3.29. The van der Waals surface area contributed by atoms with Crippen molar-refractivity contribution in [2.24, 2.45) is 0 Å². The summed E-state index contributed by atoms with van der Waals surface area (Å²) in [6.45, 7) is 1.90. The van der Waals surface area contributed by atoms with Crippen molar-refractivity contribution in [1.82, 2.24) is 14.9 Å². The van der Waals surface area contributed by atoms with E-state index < -0.39 is 6.10 Å². The molecule has 2 aromatic heterocycles. The molecule has 0 saturated heterocycles. The molecular weight excluding hydrogens is 230 g/mol. The lowest BCUT2D eigenvalue weighted by molar-refractivity contribution is 0.0594. The molecule has 0 fully saturated rings. The van der Waals surface area contributed by atoms with Crippen LogP contribution in [0.25, 0.3) is 5.52 Å². The summed E-state index contributed by atoms with van der Waals surface area (Å²) in [5.41, 5.74) is 2.28. The van der Waals surface area contributed by atoms with Crippen LogP contribution >= 0.6 is 0 Å². The van der Waals surface area contributed by atoms with Crippen LogP contribution in [0.2, 0.25) is 0 Å². The van der Waals surface area contributed by atoms with Gasteiger partial charge in [-0.3, -0.25) is 0 Å². The van der Waals surface area contributed by atoms with E-state index >= 15 is 0 Å². The van der Waals surface area contributed by atoms with E-state index in [1.54, 1.807) is 7.11 Å². The van der Waals surface area contributed by atoms with Gasteiger partial charge in [0.1, 0.15) is 0 Å². The number of fused-ring (bicyclic) bond motifs is 1. The Hall–Kier alpha value is -1.43. The maximum absolute atomic E-state index is 9.50. The number of aromatic nitrogens is 2. The van der Waals surface area contributed by atoms with Gasteiger partial charge >= 0.3 is 0 Å². The van der Waals surface area contributed by atoms with Gasteiger partial charge in [-0.05, 0) is 25.1 Å². The number of aliphatic hydroxyl groups excluding tert-OH is 1. The molecule has 1 atom stereocenters. The Kier molecular flexibility index (Phi) is 4.69. The van der Waals surface area contributed by atoms with E-state index in [9.17, 15) is 5.11 Å². The molecule has 2 N–H and O–H groups in total. The Morgan fingerprint density at radius 1 is 1.50 bits per heavy atom. The zero-order chi connectivity index (χ0) is 12.8. The normalized spacial score (nSPS) is 13.0. The number of rotatable bonds is 7. The van der Waals surface area contributed by atoms with Crippen LogP contribution in [0.1, 0.15) is 12.0 Å². The molecule has 0 spiro atoms. The van der Waals surface area contributed by atoms with Crippen LogP contribution in [0.15, 0.2) is 30.6 Å². The number of aliphatic hydroxyl groups is 1. The van der Waals surface area contributed by atoms with Crippen LogP contribution < -0.4 is 5.32 Å². The van der Waals surface area contributed by atoms with Crippen molar-refractivity contribution in [3.8, 4) is 0 Å². The molecule has 1 unspecified atom stereocenters.